The third kappa shape index (κ3) is 3.74. The van der Waals surface area contributed by atoms with Crippen LogP contribution in [0.3, 0.4) is 0 Å². The highest BCUT2D eigenvalue weighted by atomic mass is 32.2. The van der Waals surface area contributed by atoms with Gasteiger partial charge >= 0.3 is 0 Å². The summed E-state index contributed by atoms with van der Waals surface area (Å²) in [6.45, 7) is 0.865. The molecule has 9 nitrogen and oxygen atoms in total. The number of hydrogen-bond acceptors (Lipinski definition) is 7. The molecule has 0 saturated carbocycles. The fourth-order valence-corrected chi connectivity index (χ4v) is 2.42. The van der Waals surface area contributed by atoms with Gasteiger partial charge in [-0.3, -0.25) is 4.79 Å². The van der Waals surface area contributed by atoms with Crippen LogP contribution in [0, 0.1) is 0 Å². The van der Waals surface area contributed by atoms with Crippen LogP contribution in [0.4, 0.5) is 0 Å². The molecule has 112 valence electrons. The van der Waals surface area contributed by atoms with Crippen molar-refractivity contribution in [1.82, 2.24) is 25.5 Å². The van der Waals surface area contributed by atoms with Gasteiger partial charge in [-0.25, -0.2) is 13.1 Å². The van der Waals surface area contributed by atoms with Crippen molar-refractivity contribution in [2.75, 3.05) is 25.9 Å². The minimum Gasteiger partial charge on any atom is -0.348 e. The van der Waals surface area contributed by atoms with Crippen molar-refractivity contribution in [3.8, 4) is 0 Å². The Labute approximate surface area is 116 Å². The average Bonchev–Trinajstić information content (AvgIpc) is 3.09. The van der Waals surface area contributed by atoms with E-state index in [1.165, 1.54) is 7.05 Å². The number of nitrogens with zero attached hydrogens (tertiary/aromatic N) is 2. The molecule has 3 N–H and O–H groups in total. The zero-order chi connectivity index (χ0) is 14.6. The van der Waals surface area contributed by atoms with E-state index < -0.39 is 15.9 Å². The van der Waals surface area contributed by atoms with Crippen LogP contribution in [-0.2, 0) is 10.0 Å². The molecule has 1 unspecified atom stereocenters. The van der Waals surface area contributed by atoms with Crippen molar-refractivity contribution in [3.05, 3.63) is 11.7 Å². The van der Waals surface area contributed by atoms with E-state index in [2.05, 4.69) is 25.5 Å². The summed E-state index contributed by atoms with van der Waals surface area (Å²) in [7, 11) is -2.03. The highest BCUT2D eigenvalue weighted by Gasteiger charge is 2.24. The van der Waals surface area contributed by atoms with Gasteiger partial charge in [0.15, 0.2) is 0 Å². The molecule has 0 bridgehead atoms. The van der Waals surface area contributed by atoms with E-state index in [0.29, 0.717) is 5.89 Å². The molecule has 0 spiro atoms. The highest BCUT2D eigenvalue weighted by molar-refractivity contribution is 7.89. The molecule has 1 aromatic rings. The largest absolute Gasteiger partial charge is 0.348 e. The quantitative estimate of drug-likeness (QED) is 0.601. The molecule has 1 atom stereocenters. The van der Waals surface area contributed by atoms with Crippen molar-refractivity contribution >= 4 is 15.9 Å². The predicted octanol–water partition coefficient (Wildman–Crippen LogP) is -1.23. The maximum atomic E-state index is 11.7. The predicted molar refractivity (Wildman–Crippen MR) is 69.5 cm³/mol. The van der Waals surface area contributed by atoms with Crippen molar-refractivity contribution in [2.45, 2.75) is 18.9 Å². The number of nitrogens with one attached hydrogen (secondary N) is 3. The molecule has 1 aliphatic rings. The Morgan fingerprint density at radius 3 is 3.00 bits per heavy atom. The smallest absolute Gasteiger partial charge is 0.292 e. The van der Waals surface area contributed by atoms with Crippen molar-refractivity contribution in [2.24, 2.45) is 0 Å². The highest BCUT2D eigenvalue weighted by Crippen LogP contribution is 2.20. The van der Waals surface area contributed by atoms with Gasteiger partial charge in [-0.05, 0) is 26.4 Å². The monoisotopic (exact) mass is 303 g/mol. The van der Waals surface area contributed by atoms with Crippen LogP contribution in [0.15, 0.2) is 4.52 Å². The van der Waals surface area contributed by atoms with Gasteiger partial charge in [0.1, 0.15) is 0 Å². The van der Waals surface area contributed by atoms with Crippen LogP contribution in [-0.4, -0.2) is 50.4 Å². The first-order valence-electron chi connectivity index (χ1n) is 6.28. The van der Waals surface area contributed by atoms with Crippen LogP contribution >= 0.6 is 0 Å². The third-order valence-electron chi connectivity index (χ3n) is 2.97. The number of rotatable bonds is 6. The van der Waals surface area contributed by atoms with Crippen molar-refractivity contribution in [3.63, 3.8) is 0 Å². The summed E-state index contributed by atoms with van der Waals surface area (Å²) in [6.07, 6.45) is 1.92. The summed E-state index contributed by atoms with van der Waals surface area (Å²) in [4.78, 5) is 15.7. The number of carbonyl (C=O) groups excluding carboxylic acids is 1. The Balaban J connectivity index is 1.86. The Bertz CT molecular complexity index is 564. The molecule has 0 aliphatic carbocycles. The molecule has 1 fully saturated rings. The van der Waals surface area contributed by atoms with E-state index in [9.17, 15) is 13.2 Å². The zero-order valence-electron chi connectivity index (χ0n) is 11.0. The molecular formula is C10H17N5O4S. The third-order valence-corrected chi connectivity index (χ3v) is 4.33. The van der Waals surface area contributed by atoms with Crippen molar-refractivity contribution < 1.29 is 17.7 Å². The number of sulfonamides is 1. The van der Waals surface area contributed by atoms with Gasteiger partial charge in [0.2, 0.25) is 15.9 Å². The summed E-state index contributed by atoms with van der Waals surface area (Å²) in [5, 5.41) is 9.20. The van der Waals surface area contributed by atoms with Crippen LogP contribution in [0.1, 0.15) is 35.4 Å². The summed E-state index contributed by atoms with van der Waals surface area (Å²) in [6, 6.07) is -0.00582. The zero-order valence-corrected chi connectivity index (χ0v) is 11.9. The molecule has 20 heavy (non-hydrogen) atoms. The van der Waals surface area contributed by atoms with E-state index in [1.807, 2.05) is 0 Å². The second kappa shape index (κ2) is 6.29. The molecule has 1 aromatic heterocycles. The maximum absolute atomic E-state index is 11.7. The van der Waals surface area contributed by atoms with Gasteiger partial charge in [-0.1, -0.05) is 5.16 Å². The van der Waals surface area contributed by atoms with Crippen LogP contribution in [0.5, 0.6) is 0 Å². The van der Waals surface area contributed by atoms with E-state index in [4.69, 9.17) is 4.52 Å². The first kappa shape index (κ1) is 14.9. The molecule has 1 amide bonds. The molecule has 0 radical (unpaired) electrons. The van der Waals surface area contributed by atoms with Gasteiger partial charge in [0.05, 0.1) is 11.8 Å². The Kier molecular flexibility index (Phi) is 4.68. The second-order valence-corrected chi connectivity index (χ2v) is 6.43. The summed E-state index contributed by atoms with van der Waals surface area (Å²) in [5.74, 6) is -0.459. The lowest BCUT2D eigenvalue weighted by atomic mass is 10.2. The second-order valence-electron chi connectivity index (χ2n) is 4.38. The number of hydrogen-bond donors (Lipinski definition) is 3. The van der Waals surface area contributed by atoms with E-state index in [0.717, 1.165) is 19.4 Å². The number of aromatic nitrogens is 2. The van der Waals surface area contributed by atoms with Crippen molar-refractivity contribution in [1.29, 1.82) is 0 Å². The Morgan fingerprint density at radius 1 is 1.55 bits per heavy atom. The number of amides is 1. The van der Waals surface area contributed by atoms with Gasteiger partial charge in [-0.15, -0.1) is 0 Å². The lowest BCUT2D eigenvalue weighted by Gasteiger charge is -2.03. The molecule has 2 heterocycles. The van der Waals surface area contributed by atoms with Gasteiger partial charge in [-0.2, -0.15) is 4.98 Å². The SMILES string of the molecule is CNS(=O)(=O)CCNC(=O)c1noc(C2CCCN2)n1. The summed E-state index contributed by atoms with van der Waals surface area (Å²) >= 11 is 0. The average molecular weight is 303 g/mol. The fourth-order valence-electron chi connectivity index (χ4n) is 1.84. The van der Waals surface area contributed by atoms with E-state index in [1.54, 1.807) is 0 Å². The minimum atomic E-state index is -3.34. The van der Waals surface area contributed by atoms with Gasteiger partial charge < -0.3 is 15.2 Å². The lowest BCUT2D eigenvalue weighted by molar-refractivity contribution is 0.0943. The molecule has 2 rings (SSSR count). The fraction of sp³-hybridized carbons (Fsp3) is 0.700. The molecule has 1 aliphatic heterocycles. The molecule has 0 aromatic carbocycles. The first-order chi connectivity index (χ1) is 9.52. The van der Waals surface area contributed by atoms with Gasteiger partial charge in [0.25, 0.3) is 11.7 Å². The van der Waals surface area contributed by atoms with Crippen LogP contribution in [0.2, 0.25) is 0 Å². The summed E-state index contributed by atoms with van der Waals surface area (Å²) < 4.78 is 29.5. The minimum absolute atomic E-state index is 0.00582. The first-order valence-corrected chi connectivity index (χ1v) is 7.93. The standard InChI is InChI=1S/C10H17N5O4S/c1-11-20(17,18)6-5-13-9(16)8-14-10(19-15-8)7-3-2-4-12-7/h7,11-12H,2-6H2,1H3,(H,13,16). The van der Waals surface area contributed by atoms with E-state index in [-0.39, 0.29) is 24.2 Å². The summed E-state index contributed by atoms with van der Waals surface area (Å²) in [5.41, 5.74) is 0. The van der Waals surface area contributed by atoms with Crippen LogP contribution in [0.25, 0.3) is 0 Å². The molecular weight excluding hydrogens is 286 g/mol. The molecule has 10 heteroatoms. The number of carbonyl (C=O) groups is 1. The maximum Gasteiger partial charge on any atom is 0.292 e. The lowest BCUT2D eigenvalue weighted by Crippen LogP contribution is -2.33. The Hall–Kier alpha value is -1.52. The normalized spacial score (nSPS) is 19.1. The van der Waals surface area contributed by atoms with Gasteiger partial charge in [0, 0.05) is 6.54 Å². The molecule has 1 saturated heterocycles. The topological polar surface area (TPSA) is 126 Å². The Morgan fingerprint density at radius 2 is 2.35 bits per heavy atom. The van der Waals surface area contributed by atoms with E-state index >= 15 is 0 Å². The van der Waals surface area contributed by atoms with Crippen LogP contribution < -0.4 is 15.4 Å².